The zero-order valence-corrected chi connectivity index (χ0v) is 18.9. The molecule has 162 valence electrons. The molecule has 8 heteroatoms. The third-order valence-corrected chi connectivity index (χ3v) is 6.32. The Bertz CT molecular complexity index is 1140. The van der Waals surface area contributed by atoms with Crippen molar-refractivity contribution in [1.82, 2.24) is 10.3 Å². The van der Waals surface area contributed by atoms with E-state index in [9.17, 15) is 13.5 Å². The molecule has 0 aliphatic heterocycles. The first-order valence-corrected chi connectivity index (χ1v) is 12.1. The number of fused-ring (bicyclic) bond motifs is 1. The molecule has 30 heavy (non-hydrogen) atoms. The van der Waals surface area contributed by atoms with E-state index in [4.69, 9.17) is 16.3 Å². The number of benzene rings is 2. The van der Waals surface area contributed by atoms with Crippen molar-refractivity contribution in [2.24, 2.45) is 0 Å². The van der Waals surface area contributed by atoms with Gasteiger partial charge in [0.2, 0.25) is 0 Å². The fourth-order valence-corrected chi connectivity index (χ4v) is 4.50. The maximum absolute atomic E-state index is 11.6. The molecule has 0 spiro atoms. The fraction of sp³-hybridized carbons (Fsp3) is 0.364. The van der Waals surface area contributed by atoms with E-state index >= 15 is 0 Å². The molecule has 0 amide bonds. The van der Waals surface area contributed by atoms with Gasteiger partial charge in [-0.25, -0.2) is 8.42 Å². The molecule has 0 fully saturated rings. The van der Waals surface area contributed by atoms with Gasteiger partial charge < -0.3 is 20.1 Å². The molecule has 0 bridgehead atoms. The average molecular weight is 451 g/mol. The van der Waals surface area contributed by atoms with Crippen LogP contribution in [-0.2, 0) is 15.6 Å². The van der Waals surface area contributed by atoms with Crippen LogP contribution < -0.4 is 10.1 Å². The second-order valence-corrected chi connectivity index (χ2v) is 10.1. The van der Waals surface area contributed by atoms with E-state index in [2.05, 4.69) is 17.2 Å². The van der Waals surface area contributed by atoms with Crippen LogP contribution in [-0.4, -0.2) is 44.5 Å². The molecule has 2 aromatic carbocycles. The topological polar surface area (TPSA) is 91.4 Å². The summed E-state index contributed by atoms with van der Waals surface area (Å²) in [5.41, 5.74) is 4.73. The number of ether oxygens (including phenoxy) is 1. The van der Waals surface area contributed by atoms with Crippen molar-refractivity contribution in [3.8, 4) is 5.75 Å². The third-order valence-electron chi connectivity index (χ3n) is 5.11. The van der Waals surface area contributed by atoms with E-state index in [0.717, 1.165) is 22.5 Å². The number of H-pyrrole nitrogens is 1. The summed E-state index contributed by atoms with van der Waals surface area (Å²) in [5, 5.41) is 14.6. The number of hydrogen-bond donors (Lipinski definition) is 3. The number of aryl methyl sites for hydroxylation is 2. The molecule has 0 saturated heterocycles. The quantitative estimate of drug-likeness (QED) is 0.432. The fourth-order valence-electron chi connectivity index (χ4n) is 3.44. The van der Waals surface area contributed by atoms with Gasteiger partial charge in [-0.2, -0.15) is 0 Å². The van der Waals surface area contributed by atoms with Crippen molar-refractivity contribution in [1.29, 1.82) is 0 Å². The van der Waals surface area contributed by atoms with E-state index in [1.807, 2.05) is 25.1 Å². The minimum absolute atomic E-state index is 0.132. The summed E-state index contributed by atoms with van der Waals surface area (Å²) in [6.07, 6.45) is 1.17. The number of hydrogen-bond acceptors (Lipinski definition) is 5. The van der Waals surface area contributed by atoms with Gasteiger partial charge in [0.15, 0.2) is 9.84 Å². The Balaban J connectivity index is 1.60. The second-order valence-electron chi connectivity index (χ2n) is 7.54. The Hall–Kier alpha value is -2.06. The minimum Gasteiger partial charge on any atom is -0.492 e. The molecule has 0 aliphatic carbocycles. The van der Waals surface area contributed by atoms with Gasteiger partial charge in [0.25, 0.3) is 0 Å². The highest BCUT2D eigenvalue weighted by Gasteiger charge is 2.14. The van der Waals surface area contributed by atoms with Gasteiger partial charge in [-0.3, -0.25) is 0 Å². The molecule has 1 heterocycles. The monoisotopic (exact) mass is 450 g/mol. The molecule has 1 aromatic heterocycles. The zero-order chi connectivity index (χ0) is 21.9. The van der Waals surface area contributed by atoms with Crippen molar-refractivity contribution in [2.75, 3.05) is 26.0 Å². The van der Waals surface area contributed by atoms with Crippen molar-refractivity contribution < 1.29 is 18.3 Å². The molecule has 1 atom stereocenters. The van der Waals surface area contributed by atoms with E-state index in [0.29, 0.717) is 23.7 Å². The highest BCUT2D eigenvalue weighted by atomic mass is 35.5. The number of aliphatic hydroxyl groups is 1. The van der Waals surface area contributed by atoms with Gasteiger partial charge in [0.1, 0.15) is 12.4 Å². The Morgan fingerprint density at radius 1 is 1.20 bits per heavy atom. The molecular formula is C22H27ClN2O4S. The summed E-state index contributed by atoms with van der Waals surface area (Å²) in [6.45, 7) is 4.94. The molecular weight excluding hydrogens is 424 g/mol. The van der Waals surface area contributed by atoms with Crippen LogP contribution in [0.1, 0.15) is 28.4 Å². The van der Waals surface area contributed by atoms with Crippen LogP contribution in [0, 0.1) is 13.8 Å². The van der Waals surface area contributed by atoms with Crippen LogP contribution in [0.3, 0.4) is 0 Å². The van der Waals surface area contributed by atoms with Crippen LogP contribution in [0.25, 0.3) is 10.9 Å². The normalized spacial score (nSPS) is 13.0. The zero-order valence-electron chi connectivity index (χ0n) is 17.3. The first-order valence-electron chi connectivity index (χ1n) is 9.70. The van der Waals surface area contributed by atoms with Crippen molar-refractivity contribution in [2.45, 2.75) is 25.6 Å². The van der Waals surface area contributed by atoms with Crippen molar-refractivity contribution in [3.63, 3.8) is 0 Å². The molecule has 3 N–H and O–H groups in total. The molecule has 6 nitrogen and oxygen atoms in total. The number of nitrogens with one attached hydrogen (secondary N) is 2. The van der Waals surface area contributed by atoms with Gasteiger partial charge in [-0.15, -0.1) is 0 Å². The third kappa shape index (κ3) is 5.55. The first-order chi connectivity index (χ1) is 14.2. The average Bonchev–Trinajstić information content (AvgIpc) is 2.96. The minimum atomic E-state index is -3.21. The summed E-state index contributed by atoms with van der Waals surface area (Å²) < 4.78 is 29.1. The Kier molecular flexibility index (Phi) is 7.08. The van der Waals surface area contributed by atoms with Crippen LogP contribution >= 0.6 is 11.6 Å². The maximum atomic E-state index is 11.6. The van der Waals surface area contributed by atoms with Crippen LogP contribution in [0.5, 0.6) is 5.75 Å². The Labute approximate surface area is 182 Å². The number of sulfone groups is 1. The molecule has 0 saturated carbocycles. The number of aromatic nitrogens is 1. The summed E-state index contributed by atoms with van der Waals surface area (Å²) in [6, 6.07) is 10.8. The number of rotatable bonds is 9. The van der Waals surface area contributed by atoms with Gasteiger partial charge in [0, 0.05) is 40.5 Å². The molecule has 0 aliphatic rings. The largest absolute Gasteiger partial charge is 0.492 e. The number of halogens is 1. The van der Waals surface area contributed by atoms with Gasteiger partial charge in [0.05, 0.1) is 18.4 Å². The summed E-state index contributed by atoms with van der Waals surface area (Å²) in [4.78, 5) is 3.35. The van der Waals surface area contributed by atoms with Crippen LogP contribution in [0.2, 0.25) is 5.02 Å². The molecule has 0 radical (unpaired) electrons. The number of aromatic amines is 1. The second kappa shape index (κ2) is 9.39. The lowest BCUT2D eigenvalue weighted by Crippen LogP contribution is -2.28. The number of aliphatic hydroxyl groups excluding tert-OH is 1. The van der Waals surface area contributed by atoms with Gasteiger partial charge >= 0.3 is 0 Å². The van der Waals surface area contributed by atoms with Crippen molar-refractivity contribution >= 4 is 32.3 Å². The van der Waals surface area contributed by atoms with E-state index < -0.39 is 9.84 Å². The smallest absolute Gasteiger partial charge is 0.151 e. The van der Waals surface area contributed by atoms with E-state index in [1.54, 1.807) is 18.2 Å². The summed E-state index contributed by atoms with van der Waals surface area (Å²) in [7, 11) is -3.21. The SMILES string of the molecule is Cc1[nH]c2cc(OCCNC(CO)c3ccc(Cl)c(CS(C)(=O)=O)c3)ccc2c1C. The summed E-state index contributed by atoms with van der Waals surface area (Å²) in [5.74, 6) is 0.634. The highest BCUT2D eigenvalue weighted by molar-refractivity contribution is 7.89. The Morgan fingerprint density at radius 3 is 2.67 bits per heavy atom. The lowest BCUT2D eigenvalue weighted by Gasteiger charge is -2.18. The predicted octanol–water partition coefficient (Wildman–Crippen LogP) is 3.68. The molecule has 3 rings (SSSR count). The maximum Gasteiger partial charge on any atom is 0.151 e. The lowest BCUT2D eigenvalue weighted by molar-refractivity contribution is 0.232. The van der Waals surface area contributed by atoms with Crippen LogP contribution in [0.15, 0.2) is 36.4 Å². The predicted molar refractivity (Wildman–Crippen MR) is 121 cm³/mol. The standard InChI is InChI=1S/C22H27ClN2O4S/c1-14-15(2)25-21-11-18(5-6-19(14)21)29-9-8-24-22(12-26)16-4-7-20(23)17(10-16)13-30(3,27)28/h4-7,10-11,22,24-26H,8-9,12-13H2,1-3H3. The van der Waals surface area contributed by atoms with Crippen molar-refractivity contribution in [3.05, 3.63) is 63.8 Å². The Morgan fingerprint density at radius 2 is 1.97 bits per heavy atom. The van der Waals surface area contributed by atoms with Gasteiger partial charge in [-0.1, -0.05) is 23.7 Å². The molecule has 3 aromatic rings. The first kappa shape index (κ1) is 22.6. The van der Waals surface area contributed by atoms with E-state index in [-0.39, 0.29) is 18.4 Å². The lowest BCUT2D eigenvalue weighted by atomic mass is 10.0. The molecule has 1 unspecified atom stereocenters. The summed E-state index contributed by atoms with van der Waals surface area (Å²) >= 11 is 6.13. The van der Waals surface area contributed by atoms with E-state index in [1.165, 1.54) is 17.2 Å². The van der Waals surface area contributed by atoms with Crippen LogP contribution in [0.4, 0.5) is 0 Å². The van der Waals surface area contributed by atoms with Gasteiger partial charge in [-0.05, 0) is 48.7 Å². The highest BCUT2D eigenvalue weighted by Crippen LogP contribution is 2.26.